The van der Waals surface area contributed by atoms with Gasteiger partial charge in [-0.3, -0.25) is 9.59 Å². The lowest BCUT2D eigenvalue weighted by molar-refractivity contribution is 0.0646. The van der Waals surface area contributed by atoms with E-state index >= 15 is 0 Å². The molecule has 1 fully saturated rings. The fourth-order valence-corrected chi connectivity index (χ4v) is 3.58. The summed E-state index contributed by atoms with van der Waals surface area (Å²) in [5.41, 5.74) is 1.93. The number of carbonyl (C=O) groups is 2. The van der Waals surface area contributed by atoms with Crippen molar-refractivity contribution in [3.8, 4) is 5.75 Å². The minimum absolute atomic E-state index is 0.00778. The Kier molecular flexibility index (Phi) is 6.12. The highest BCUT2D eigenvalue weighted by Crippen LogP contribution is 2.25. The number of amides is 1. The Morgan fingerprint density at radius 2 is 1.71 bits per heavy atom. The van der Waals surface area contributed by atoms with Gasteiger partial charge in [0.2, 0.25) is 0 Å². The molecule has 1 saturated heterocycles. The van der Waals surface area contributed by atoms with Crippen LogP contribution in [0, 0.1) is 11.7 Å². The summed E-state index contributed by atoms with van der Waals surface area (Å²) in [5, 5.41) is 0. The second-order valence-electron chi connectivity index (χ2n) is 7.55. The molecule has 2 aromatic carbocycles. The van der Waals surface area contributed by atoms with Crippen LogP contribution in [0.3, 0.4) is 0 Å². The van der Waals surface area contributed by atoms with Gasteiger partial charge in [0.25, 0.3) is 5.91 Å². The number of methoxy groups -OCH3 is 1. The van der Waals surface area contributed by atoms with Gasteiger partial charge in [-0.1, -0.05) is 38.1 Å². The molecule has 1 aliphatic heterocycles. The molecule has 148 valence electrons. The number of hydrogen-bond acceptors (Lipinski definition) is 3. The predicted octanol–water partition coefficient (Wildman–Crippen LogP) is 4.69. The topological polar surface area (TPSA) is 46.6 Å². The standard InChI is InChI=1S/C23H26FNO3/c1-15(2)16-4-6-17(7-5-16)22(26)18-10-12-25(13-11-18)23(27)20-14-19(28-3)8-9-21(20)24/h4-9,14-15,18H,10-13H2,1-3H3. The lowest BCUT2D eigenvalue weighted by Crippen LogP contribution is -2.40. The maximum absolute atomic E-state index is 14.1. The summed E-state index contributed by atoms with van der Waals surface area (Å²) in [4.78, 5) is 27.1. The van der Waals surface area contributed by atoms with E-state index in [1.807, 2.05) is 24.3 Å². The molecule has 1 amide bonds. The maximum Gasteiger partial charge on any atom is 0.256 e. The van der Waals surface area contributed by atoms with Crippen LogP contribution in [0.2, 0.25) is 0 Å². The average molecular weight is 383 g/mol. The molecule has 0 bridgehead atoms. The van der Waals surface area contributed by atoms with E-state index in [9.17, 15) is 14.0 Å². The number of likely N-dealkylation sites (tertiary alicyclic amines) is 1. The molecular weight excluding hydrogens is 357 g/mol. The summed E-state index contributed by atoms with van der Waals surface area (Å²) in [6, 6.07) is 11.9. The molecule has 0 radical (unpaired) electrons. The van der Waals surface area contributed by atoms with Gasteiger partial charge in [0.05, 0.1) is 12.7 Å². The number of piperidine rings is 1. The van der Waals surface area contributed by atoms with Gasteiger partial charge in [-0.05, 0) is 42.5 Å². The number of nitrogens with zero attached hydrogens (tertiary/aromatic N) is 1. The van der Waals surface area contributed by atoms with Crippen molar-refractivity contribution in [2.24, 2.45) is 5.92 Å². The first-order valence-electron chi connectivity index (χ1n) is 9.67. The zero-order chi connectivity index (χ0) is 20.3. The number of benzene rings is 2. The van der Waals surface area contributed by atoms with Gasteiger partial charge in [0, 0.05) is 24.6 Å². The molecule has 28 heavy (non-hydrogen) atoms. The lowest BCUT2D eigenvalue weighted by Gasteiger charge is -2.31. The molecule has 0 unspecified atom stereocenters. The molecule has 0 spiro atoms. The van der Waals surface area contributed by atoms with Crippen LogP contribution in [0.4, 0.5) is 4.39 Å². The van der Waals surface area contributed by atoms with Crippen LogP contribution in [-0.2, 0) is 0 Å². The summed E-state index contributed by atoms with van der Waals surface area (Å²) < 4.78 is 19.2. The van der Waals surface area contributed by atoms with Crippen molar-refractivity contribution >= 4 is 11.7 Å². The van der Waals surface area contributed by atoms with Crippen LogP contribution in [0.1, 0.15) is 58.9 Å². The van der Waals surface area contributed by atoms with Crippen LogP contribution in [0.15, 0.2) is 42.5 Å². The van der Waals surface area contributed by atoms with Crippen LogP contribution >= 0.6 is 0 Å². The number of rotatable bonds is 5. The number of Topliss-reactive ketones (excluding diaryl/α,β-unsaturated/α-hetero) is 1. The van der Waals surface area contributed by atoms with Crippen LogP contribution in [-0.4, -0.2) is 36.8 Å². The Hall–Kier alpha value is -2.69. The van der Waals surface area contributed by atoms with E-state index in [0.717, 1.165) is 0 Å². The Morgan fingerprint density at radius 1 is 1.07 bits per heavy atom. The fraction of sp³-hybridized carbons (Fsp3) is 0.391. The van der Waals surface area contributed by atoms with E-state index in [2.05, 4.69) is 13.8 Å². The summed E-state index contributed by atoms with van der Waals surface area (Å²) in [6.45, 7) is 5.12. The van der Waals surface area contributed by atoms with E-state index in [4.69, 9.17) is 4.74 Å². The molecule has 0 saturated carbocycles. The third-order valence-corrected chi connectivity index (χ3v) is 5.42. The molecular formula is C23H26FNO3. The minimum atomic E-state index is -0.561. The fourth-order valence-electron chi connectivity index (χ4n) is 3.58. The third-order valence-electron chi connectivity index (χ3n) is 5.42. The van der Waals surface area contributed by atoms with Gasteiger partial charge in [0.1, 0.15) is 11.6 Å². The predicted molar refractivity (Wildman–Crippen MR) is 106 cm³/mol. The molecule has 2 aromatic rings. The quantitative estimate of drug-likeness (QED) is 0.704. The van der Waals surface area contributed by atoms with E-state index in [1.165, 1.54) is 30.9 Å². The van der Waals surface area contributed by atoms with Crippen molar-refractivity contribution < 1.29 is 18.7 Å². The molecule has 0 aromatic heterocycles. The smallest absolute Gasteiger partial charge is 0.256 e. The molecule has 0 atom stereocenters. The van der Waals surface area contributed by atoms with E-state index < -0.39 is 5.82 Å². The molecule has 1 heterocycles. The number of hydrogen-bond donors (Lipinski definition) is 0. The first kappa shape index (κ1) is 20.1. The van der Waals surface area contributed by atoms with Crippen LogP contribution in [0.25, 0.3) is 0 Å². The molecule has 4 nitrogen and oxygen atoms in total. The Bertz CT molecular complexity index is 853. The largest absolute Gasteiger partial charge is 0.497 e. The first-order valence-corrected chi connectivity index (χ1v) is 9.67. The second kappa shape index (κ2) is 8.55. The third kappa shape index (κ3) is 4.24. The molecule has 1 aliphatic rings. The van der Waals surface area contributed by atoms with E-state index in [1.54, 1.807) is 4.90 Å². The van der Waals surface area contributed by atoms with Gasteiger partial charge in [-0.15, -0.1) is 0 Å². The summed E-state index contributed by atoms with van der Waals surface area (Å²) >= 11 is 0. The van der Waals surface area contributed by atoms with E-state index in [-0.39, 0.29) is 23.2 Å². The SMILES string of the molecule is COc1ccc(F)c(C(=O)N2CCC(C(=O)c3ccc(C(C)C)cc3)CC2)c1. The summed E-state index contributed by atoms with van der Waals surface area (Å²) in [6.07, 6.45) is 1.17. The average Bonchev–Trinajstić information content (AvgIpc) is 2.73. The maximum atomic E-state index is 14.1. The van der Waals surface area contributed by atoms with Crippen molar-refractivity contribution in [1.82, 2.24) is 4.90 Å². The first-order chi connectivity index (χ1) is 13.4. The van der Waals surface area contributed by atoms with Gasteiger partial charge in [0.15, 0.2) is 5.78 Å². The Morgan fingerprint density at radius 3 is 2.29 bits per heavy atom. The van der Waals surface area contributed by atoms with Crippen LogP contribution < -0.4 is 4.74 Å². The van der Waals surface area contributed by atoms with Gasteiger partial charge >= 0.3 is 0 Å². The number of ether oxygens (including phenoxy) is 1. The van der Waals surface area contributed by atoms with Gasteiger partial charge in [-0.2, -0.15) is 0 Å². The van der Waals surface area contributed by atoms with E-state index in [0.29, 0.717) is 43.2 Å². The lowest BCUT2D eigenvalue weighted by atomic mass is 9.88. The van der Waals surface area contributed by atoms with Crippen molar-refractivity contribution in [2.45, 2.75) is 32.6 Å². The normalized spacial score (nSPS) is 15.0. The van der Waals surface area contributed by atoms with Gasteiger partial charge in [-0.25, -0.2) is 4.39 Å². The Labute approximate surface area is 165 Å². The Balaban J connectivity index is 1.64. The van der Waals surface area contributed by atoms with Crippen LogP contribution in [0.5, 0.6) is 5.75 Å². The van der Waals surface area contributed by atoms with Gasteiger partial charge < -0.3 is 9.64 Å². The zero-order valence-corrected chi connectivity index (χ0v) is 16.6. The molecule has 3 rings (SSSR count). The van der Waals surface area contributed by atoms with Crippen molar-refractivity contribution in [2.75, 3.05) is 20.2 Å². The van der Waals surface area contributed by atoms with Crippen molar-refractivity contribution in [3.05, 3.63) is 65.0 Å². The highest BCUT2D eigenvalue weighted by molar-refractivity contribution is 5.98. The zero-order valence-electron chi connectivity index (χ0n) is 16.6. The highest BCUT2D eigenvalue weighted by atomic mass is 19.1. The molecule has 0 aliphatic carbocycles. The number of carbonyl (C=O) groups excluding carboxylic acids is 2. The number of halogens is 1. The summed E-state index contributed by atoms with van der Waals surface area (Å²) in [5.74, 6) is -0.0352. The highest BCUT2D eigenvalue weighted by Gasteiger charge is 2.29. The molecule has 5 heteroatoms. The van der Waals surface area contributed by atoms with Crippen molar-refractivity contribution in [1.29, 1.82) is 0 Å². The molecule has 0 N–H and O–H groups in total. The van der Waals surface area contributed by atoms with Crippen molar-refractivity contribution in [3.63, 3.8) is 0 Å². The monoisotopic (exact) mass is 383 g/mol. The number of ketones is 1. The summed E-state index contributed by atoms with van der Waals surface area (Å²) in [7, 11) is 1.48. The second-order valence-corrected chi connectivity index (χ2v) is 7.55. The minimum Gasteiger partial charge on any atom is -0.497 e.